The fourth-order valence-corrected chi connectivity index (χ4v) is 4.48. The quantitative estimate of drug-likeness (QED) is 0.280. The van der Waals surface area contributed by atoms with Crippen molar-refractivity contribution in [3.63, 3.8) is 0 Å². The van der Waals surface area contributed by atoms with E-state index in [4.69, 9.17) is 0 Å². The Morgan fingerprint density at radius 3 is 2.00 bits per heavy atom. The van der Waals surface area contributed by atoms with Gasteiger partial charge in [0.15, 0.2) is 0 Å². The molecule has 0 heterocycles. The molecule has 1 nitrogen and oxygen atoms in total. The molecule has 0 atom stereocenters. The molecule has 0 aromatic heterocycles. The molecule has 0 unspecified atom stereocenters. The van der Waals surface area contributed by atoms with Crippen molar-refractivity contribution in [3.8, 4) is 5.75 Å². The van der Waals surface area contributed by atoms with Gasteiger partial charge in [0.1, 0.15) is 5.75 Å². The normalized spacial score (nSPS) is 19.5. The van der Waals surface area contributed by atoms with Gasteiger partial charge in [-0.25, -0.2) is 0 Å². The van der Waals surface area contributed by atoms with Gasteiger partial charge in [-0.2, -0.15) is 8.78 Å². The molecular weight excluding hydrogens is 378 g/mol. The molecule has 0 bridgehead atoms. The highest BCUT2D eigenvalue weighted by Gasteiger charge is 2.21. The predicted octanol–water partition coefficient (Wildman–Crippen LogP) is 8.70. The minimum absolute atomic E-state index is 0.183. The number of rotatable bonds is 10. The first-order chi connectivity index (χ1) is 14.6. The number of alkyl halides is 2. The largest absolute Gasteiger partial charge is 0.435 e. The van der Waals surface area contributed by atoms with Crippen molar-refractivity contribution in [2.24, 2.45) is 5.92 Å². The Morgan fingerprint density at radius 2 is 1.43 bits per heavy atom. The third kappa shape index (κ3) is 7.27. The van der Waals surface area contributed by atoms with Gasteiger partial charge < -0.3 is 4.74 Å². The van der Waals surface area contributed by atoms with Gasteiger partial charge in [-0.1, -0.05) is 87.6 Å². The van der Waals surface area contributed by atoms with Gasteiger partial charge in [0, 0.05) is 0 Å². The van der Waals surface area contributed by atoms with Gasteiger partial charge in [-0.15, -0.1) is 0 Å². The summed E-state index contributed by atoms with van der Waals surface area (Å²) in [5.41, 5.74) is 3.57. The summed E-state index contributed by atoms with van der Waals surface area (Å²) in [6, 6.07) is 15.6. The standard InChI is InChI=1S/C27H34F2O/c1-2-3-4-5-6-21-9-15-24(16-10-21)25-17-11-22(12-18-25)7-8-23-13-19-26(20-14-23)30-27(28)29/h7-8,11-14,17-21,24,27H,2-6,9-10,15-16H2,1H3/t21-,24-. The van der Waals surface area contributed by atoms with Crippen LogP contribution < -0.4 is 4.74 Å². The van der Waals surface area contributed by atoms with Gasteiger partial charge in [0.25, 0.3) is 0 Å². The number of hydrogen-bond donors (Lipinski definition) is 0. The van der Waals surface area contributed by atoms with Crippen molar-refractivity contribution in [1.82, 2.24) is 0 Å². The number of halogens is 2. The Bertz CT molecular complexity index is 756. The summed E-state index contributed by atoms with van der Waals surface area (Å²) in [6.45, 7) is -0.511. The molecule has 2 aromatic carbocycles. The third-order valence-electron chi connectivity index (χ3n) is 6.29. The Balaban J connectivity index is 1.46. The maximum absolute atomic E-state index is 12.2. The lowest BCUT2D eigenvalue weighted by atomic mass is 9.77. The second-order valence-corrected chi connectivity index (χ2v) is 8.51. The lowest BCUT2D eigenvalue weighted by molar-refractivity contribution is -0.0498. The summed E-state index contributed by atoms with van der Waals surface area (Å²) in [7, 11) is 0. The van der Waals surface area contributed by atoms with Gasteiger partial charge in [-0.3, -0.25) is 0 Å². The van der Waals surface area contributed by atoms with Crippen LogP contribution >= 0.6 is 0 Å². The fourth-order valence-electron chi connectivity index (χ4n) is 4.48. The fraction of sp³-hybridized carbons (Fsp3) is 0.481. The average Bonchev–Trinajstić information content (AvgIpc) is 2.77. The van der Waals surface area contributed by atoms with Crippen LogP contribution in [0.25, 0.3) is 12.2 Å². The van der Waals surface area contributed by atoms with Crippen LogP contribution in [0.3, 0.4) is 0 Å². The molecule has 1 fully saturated rings. The van der Waals surface area contributed by atoms with Crippen LogP contribution in [0.2, 0.25) is 0 Å². The second kappa shape index (κ2) is 11.9. The van der Waals surface area contributed by atoms with Crippen LogP contribution in [0.15, 0.2) is 48.5 Å². The Kier molecular flexibility index (Phi) is 8.92. The average molecular weight is 413 g/mol. The van der Waals surface area contributed by atoms with E-state index >= 15 is 0 Å². The zero-order valence-electron chi connectivity index (χ0n) is 18.0. The van der Waals surface area contributed by atoms with Gasteiger partial charge >= 0.3 is 6.61 Å². The van der Waals surface area contributed by atoms with E-state index in [1.165, 1.54) is 63.4 Å². The molecule has 30 heavy (non-hydrogen) atoms. The van der Waals surface area contributed by atoms with E-state index in [1.807, 2.05) is 6.08 Å². The summed E-state index contributed by atoms with van der Waals surface area (Å²) in [5, 5.41) is 0. The summed E-state index contributed by atoms with van der Waals surface area (Å²) >= 11 is 0. The monoisotopic (exact) mass is 412 g/mol. The van der Waals surface area contributed by atoms with E-state index in [-0.39, 0.29) is 5.75 Å². The van der Waals surface area contributed by atoms with E-state index in [0.29, 0.717) is 5.92 Å². The van der Waals surface area contributed by atoms with E-state index in [9.17, 15) is 8.78 Å². The van der Waals surface area contributed by atoms with Crippen molar-refractivity contribution in [2.75, 3.05) is 0 Å². The van der Waals surface area contributed by atoms with Crippen molar-refractivity contribution in [3.05, 3.63) is 65.2 Å². The number of hydrogen-bond acceptors (Lipinski definition) is 1. The highest BCUT2D eigenvalue weighted by molar-refractivity contribution is 5.69. The zero-order valence-corrected chi connectivity index (χ0v) is 18.0. The molecule has 0 N–H and O–H groups in total. The molecule has 0 saturated heterocycles. The molecule has 3 rings (SSSR count). The summed E-state index contributed by atoms with van der Waals surface area (Å²) in [5.74, 6) is 1.83. The SMILES string of the molecule is CCCCCC[C@H]1CC[C@H](c2ccc(C=Cc3ccc(OC(F)F)cc3)cc2)CC1. The van der Waals surface area contributed by atoms with Crippen molar-refractivity contribution in [1.29, 1.82) is 0 Å². The summed E-state index contributed by atoms with van der Waals surface area (Å²) < 4.78 is 28.8. The molecule has 0 radical (unpaired) electrons. The molecule has 0 aliphatic heterocycles. The van der Waals surface area contributed by atoms with E-state index < -0.39 is 6.61 Å². The van der Waals surface area contributed by atoms with Gasteiger partial charge in [0.05, 0.1) is 0 Å². The number of unbranched alkanes of at least 4 members (excludes halogenated alkanes) is 3. The van der Waals surface area contributed by atoms with Gasteiger partial charge in [-0.05, 0) is 66.3 Å². The summed E-state index contributed by atoms with van der Waals surface area (Å²) in [6.07, 6.45) is 16.4. The lowest BCUT2D eigenvalue weighted by Gasteiger charge is -2.29. The van der Waals surface area contributed by atoms with E-state index in [2.05, 4.69) is 42.0 Å². The Labute approximate surface area is 180 Å². The first-order valence-corrected chi connectivity index (χ1v) is 11.5. The molecule has 3 heteroatoms. The highest BCUT2D eigenvalue weighted by atomic mass is 19.3. The number of ether oxygens (including phenoxy) is 1. The smallest absolute Gasteiger partial charge is 0.387 e. The molecule has 2 aromatic rings. The first kappa shape index (κ1) is 22.5. The number of benzene rings is 2. The minimum Gasteiger partial charge on any atom is -0.435 e. The molecule has 1 aliphatic rings. The summed E-state index contributed by atoms with van der Waals surface area (Å²) in [4.78, 5) is 0. The topological polar surface area (TPSA) is 9.23 Å². The second-order valence-electron chi connectivity index (χ2n) is 8.51. The Hall–Kier alpha value is -2.16. The van der Waals surface area contributed by atoms with Crippen LogP contribution in [0.5, 0.6) is 5.75 Å². The molecule has 1 aliphatic carbocycles. The van der Waals surface area contributed by atoms with Crippen LogP contribution in [0.4, 0.5) is 8.78 Å². The van der Waals surface area contributed by atoms with Crippen LogP contribution in [-0.2, 0) is 0 Å². The molecular formula is C27H34F2O. The van der Waals surface area contributed by atoms with Crippen molar-refractivity contribution < 1.29 is 13.5 Å². The molecule has 0 spiro atoms. The maximum Gasteiger partial charge on any atom is 0.387 e. The van der Waals surface area contributed by atoms with E-state index in [1.54, 1.807) is 24.3 Å². The lowest BCUT2D eigenvalue weighted by Crippen LogP contribution is -2.13. The van der Waals surface area contributed by atoms with Crippen LogP contribution in [-0.4, -0.2) is 6.61 Å². The predicted molar refractivity (Wildman–Crippen MR) is 122 cm³/mol. The molecule has 0 amide bonds. The van der Waals surface area contributed by atoms with Crippen molar-refractivity contribution in [2.45, 2.75) is 77.2 Å². The molecule has 1 saturated carbocycles. The van der Waals surface area contributed by atoms with Gasteiger partial charge in [0.2, 0.25) is 0 Å². The maximum atomic E-state index is 12.2. The van der Waals surface area contributed by atoms with Crippen LogP contribution in [0, 0.1) is 5.92 Å². The third-order valence-corrected chi connectivity index (χ3v) is 6.29. The molecule has 162 valence electrons. The van der Waals surface area contributed by atoms with Crippen molar-refractivity contribution >= 4 is 12.2 Å². The minimum atomic E-state index is -2.79. The zero-order chi connectivity index (χ0) is 21.2. The first-order valence-electron chi connectivity index (χ1n) is 11.5. The highest BCUT2D eigenvalue weighted by Crippen LogP contribution is 2.37. The Morgan fingerprint density at radius 1 is 0.833 bits per heavy atom. The van der Waals surface area contributed by atoms with Crippen LogP contribution in [0.1, 0.15) is 87.3 Å². The van der Waals surface area contributed by atoms with E-state index in [0.717, 1.165) is 17.0 Å².